The van der Waals surface area contributed by atoms with E-state index in [1.807, 2.05) is 0 Å². The lowest BCUT2D eigenvalue weighted by Gasteiger charge is -2.12. The van der Waals surface area contributed by atoms with Crippen LogP contribution in [0.3, 0.4) is 0 Å². The zero-order chi connectivity index (χ0) is 20.3. The molecule has 0 radical (unpaired) electrons. The van der Waals surface area contributed by atoms with Crippen LogP contribution in [0, 0.1) is 0 Å². The molecule has 0 aromatic heterocycles. The molecule has 0 saturated heterocycles. The summed E-state index contributed by atoms with van der Waals surface area (Å²) in [6.07, 6.45) is 25.5. The van der Waals surface area contributed by atoms with E-state index in [0.717, 1.165) is 6.54 Å². The molecule has 0 aliphatic heterocycles. The summed E-state index contributed by atoms with van der Waals surface area (Å²) in [5, 5.41) is 0. The van der Waals surface area contributed by atoms with Crippen LogP contribution in [0.5, 0.6) is 0 Å². The highest BCUT2D eigenvalue weighted by atomic mass is 35.5. The molecule has 1 N–H and O–H groups in total. The summed E-state index contributed by atoms with van der Waals surface area (Å²) in [6.45, 7) is 3.43. The van der Waals surface area contributed by atoms with Gasteiger partial charge in [0.05, 0.1) is 14.1 Å². The number of halogens is 1. The number of rotatable bonds is 18. The maximum atomic E-state index is 2.43. The number of benzene rings is 1. The molecule has 0 aliphatic carbocycles. The van der Waals surface area contributed by atoms with Crippen LogP contribution in [-0.4, -0.2) is 14.1 Å². The molecule has 0 amide bonds. The van der Waals surface area contributed by atoms with Gasteiger partial charge in [-0.1, -0.05) is 101 Å². The van der Waals surface area contributed by atoms with Crippen molar-refractivity contribution in [1.29, 1.82) is 0 Å². The highest BCUT2D eigenvalue weighted by molar-refractivity contribution is 5.26. The Balaban J connectivity index is 0.00000784. The van der Waals surface area contributed by atoms with Crippen LogP contribution in [0.1, 0.15) is 108 Å². The topological polar surface area (TPSA) is 4.44 Å². The summed E-state index contributed by atoms with van der Waals surface area (Å²) < 4.78 is 0. The Morgan fingerprint density at radius 1 is 0.655 bits per heavy atom. The molecule has 0 fully saturated rings. The molecule has 1 rings (SSSR count). The highest BCUT2D eigenvalue weighted by Gasteiger charge is 2.04. The van der Waals surface area contributed by atoms with Crippen molar-refractivity contribution in [1.82, 2.24) is 0 Å². The third kappa shape index (κ3) is 16.7. The minimum Gasteiger partial charge on any atom is -1.00 e. The van der Waals surface area contributed by atoms with E-state index in [-0.39, 0.29) is 12.4 Å². The molecule has 168 valence electrons. The van der Waals surface area contributed by atoms with E-state index in [1.54, 1.807) is 5.56 Å². The van der Waals surface area contributed by atoms with Gasteiger partial charge in [0, 0.05) is 5.56 Å². The highest BCUT2D eigenvalue weighted by Crippen LogP contribution is 2.14. The second-order valence-electron chi connectivity index (χ2n) is 8.84. The first kappa shape index (κ1) is 28.2. The lowest BCUT2D eigenvalue weighted by Crippen LogP contribution is -3.04. The van der Waals surface area contributed by atoms with E-state index in [2.05, 4.69) is 57.4 Å². The summed E-state index contributed by atoms with van der Waals surface area (Å²) in [6, 6.07) is 9.02. The van der Waals surface area contributed by atoms with Gasteiger partial charge in [-0.2, -0.15) is 0 Å². The fraction of sp³-hybridized carbons (Fsp3) is 0.704. The molecule has 2 heteroatoms. The number of aryl methyl sites for hydroxylation is 1. The summed E-state index contributed by atoms with van der Waals surface area (Å²) >= 11 is 0. The maximum Gasteiger partial charge on any atom is 0.103 e. The number of unbranched alkanes of at least 4 members (excludes halogenated alkanes) is 12. The van der Waals surface area contributed by atoms with Crippen LogP contribution >= 0.6 is 0 Å². The SMILES string of the molecule is CCCCCCCCC=CCCCCCCCCc1ccccc1C[NH+](C)C.[Cl-]. The van der Waals surface area contributed by atoms with Crippen LogP contribution in [0.2, 0.25) is 0 Å². The summed E-state index contributed by atoms with van der Waals surface area (Å²) in [4.78, 5) is 1.51. The van der Waals surface area contributed by atoms with Crippen molar-refractivity contribution < 1.29 is 17.3 Å². The van der Waals surface area contributed by atoms with Gasteiger partial charge in [-0.05, 0) is 44.1 Å². The van der Waals surface area contributed by atoms with Crippen molar-refractivity contribution in [2.24, 2.45) is 0 Å². The number of hydrogen-bond acceptors (Lipinski definition) is 0. The zero-order valence-corrected chi connectivity index (χ0v) is 20.4. The largest absolute Gasteiger partial charge is 1.00 e. The van der Waals surface area contributed by atoms with Crippen LogP contribution < -0.4 is 17.3 Å². The number of nitrogens with one attached hydrogen (secondary N) is 1. The number of allylic oxidation sites excluding steroid dienone is 2. The molecule has 1 aromatic carbocycles. The van der Waals surface area contributed by atoms with Gasteiger partial charge >= 0.3 is 0 Å². The lowest BCUT2D eigenvalue weighted by atomic mass is 10.00. The molecule has 0 saturated carbocycles. The minimum atomic E-state index is 0. The molecule has 0 unspecified atom stereocenters. The molecular weight excluding hydrogens is 374 g/mol. The molecule has 0 atom stereocenters. The minimum absolute atomic E-state index is 0. The van der Waals surface area contributed by atoms with Crippen molar-refractivity contribution in [3.8, 4) is 0 Å². The predicted molar refractivity (Wildman–Crippen MR) is 126 cm³/mol. The van der Waals surface area contributed by atoms with Gasteiger partial charge in [0.1, 0.15) is 6.54 Å². The van der Waals surface area contributed by atoms with E-state index in [0.29, 0.717) is 0 Å². The van der Waals surface area contributed by atoms with Gasteiger partial charge in [0.15, 0.2) is 0 Å². The molecule has 0 aliphatic rings. The van der Waals surface area contributed by atoms with E-state index in [4.69, 9.17) is 0 Å². The summed E-state index contributed by atoms with van der Waals surface area (Å²) in [7, 11) is 4.47. The van der Waals surface area contributed by atoms with Crippen molar-refractivity contribution >= 4 is 0 Å². The molecule has 29 heavy (non-hydrogen) atoms. The number of quaternary nitrogens is 1. The smallest absolute Gasteiger partial charge is 0.103 e. The Hall–Kier alpha value is -0.790. The third-order valence-electron chi connectivity index (χ3n) is 5.62. The first-order valence-electron chi connectivity index (χ1n) is 12.2. The Labute approximate surface area is 188 Å². The van der Waals surface area contributed by atoms with Crippen molar-refractivity contribution in [2.45, 2.75) is 110 Å². The van der Waals surface area contributed by atoms with Gasteiger partial charge in [-0.3, -0.25) is 0 Å². The maximum absolute atomic E-state index is 2.43. The summed E-state index contributed by atoms with van der Waals surface area (Å²) in [5.41, 5.74) is 3.11. The van der Waals surface area contributed by atoms with E-state index < -0.39 is 0 Å². The average molecular weight is 422 g/mol. The van der Waals surface area contributed by atoms with Crippen LogP contribution in [0.25, 0.3) is 0 Å². The fourth-order valence-electron chi connectivity index (χ4n) is 3.92. The molecule has 0 heterocycles. The predicted octanol–water partition coefficient (Wildman–Crippen LogP) is 3.92. The van der Waals surface area contributed by atoms with Crippen molar-refractivity contribution in [3.05, 3.63) is 47.5 Å². The monoisotopic (exact) mass is 421 g/mol. The van der Waals surface area contributed by atoms with Crippen LogP contribution in [0.4, 0.5) is 0 Å². The van der Waals surface area contributed by atoms with E-state index in [9.17, 15) is 0 Å². The fourth-order valence-corrected chi connectivity index (χ4v) is 3.92. The second-order valence-corrected chi connectivity index (χ2v) is 8.84. The Kier molecular flexibility index (Phi) is 19.9. The van der Waals surface area contributed by atoms with Crippen LogP contribution in [-0.2, 0) is 13.0 Å². The Morgan fingerprint density at radius 2 is 1.14 bits per heavy atom. The first-order chi connectivity index (χ1) is 13.7. The standard InChI is InChI=1S/C27H47N.ClH/c1-4-5-6-7-8-9-10-11-12-13-14-15-16-17-18-19-22-26-23-20-21-24-27(26)25-28(2)3;/h11-12,20-21,23-24H,4-10,13-19,22,25H2,1-3H3;1H. The van der Waals surface area contributed by atoms with Gasteiger partial charge in [0.2, 0.25) is 0 Å². The van der Waals surface area contributed by atoms with Gasteiger partial charge in [-0.15, -0.1) is 0 Å². The summed E-state index contributed by atoms with van der Waals surface area (Å²) in [5.74, 6) is 0. The van der Waals surface area contributed by atoms with Crippen molar-refractivity contribution in [3.63, 3.8) is 0 Å². The van der Waals surface area contributed by atoms with Gasteiger partial charge < -0.3 is 17.3 Å². The van der Waals surface area contributed by atoms with Crippen LogP contribution in [0.15, 0.2) is 36.4 Å². The molecule has 1 nitrogen and oxygen atoms in total. The van der Waals surface area contributed by atoms with E-state index >= 15 is 0 Å². The molecule has 0 bridgehead atoms. The Bertz CT molecular complexity index is 495. The average Bonchev–Trinajstić information content (AvgIpc) is 2.68. The zero-order valence-electron chi connectivity index (χ0n) is 19.7. The lowest BCUT2D eigenvalue weighted by molar-refractivity contribution is -0.872. The third-order valence-corrected chi connectivity index (χ3v) is 5.62. The Morgan fingerprint density at radius 3 is 1.69 bits per heavy atom. The normalized spacial score (nSPS) is 11.3. The van der Waals surface area contributed by atoms with Gasteiger partial charge in [-0.25, -0.2) is 0 Å². The van der Waals surface area contributed by atoms with E-state index in [1.165, 1.54) is 107 Å². The number of hydrogen-bond donors (Lipinski definition) is 1. The van der Waals surface area contributed by atoms with Crippen molar-refractivity contribution in [2.75, 3.05) is 14.1 Å². The first-order valence-corrected chi connectivity index (χ1v) is 12.2. The van der Waals surface area contributed by atoms with Gasteiger partial charge in [0.25, 0.3) is 0 Å². The quantitative estimate of drug-likeness (QED) is 0.270. The second kappa shape index (κ2) is 20.5. The molecular formula is C27H48ClN. The molecule has 1 aromatic rings. The molecule has 0 spiro atoms.